The van der Waals surface area contributed by atoms with Crippen LogP contribution in [-0.4, -0.2) is 41.9 Å². The third-order valence-corrected chi connectivity index (χ3v) is 6.50. The van der Waals surface area contributed by atoms with Crippen molar-refractivity contribution in [3.8, 4) is 6.07 Å². The number of thioether (sulfide) groups is 1. The molecule has 1 fully saturated rings. The minimum atomic E-state index is -0.0196. The highest BCUT2D eigenvalue weighted by Crippen LogP contribution is 2.26. The number of amides is 1. The van der Waals surface area contributed by atoms with E-state index in [2.05, 4.69) is 23.1 Å². The molecule has 0 spiro atoms. The van der Waals surface area contributed by atoms with E-state index in [1.165, 1.54) is 10.5 Å². The molecule has 1 saturated heterocycles. The van der Waals surface area contributed by atoms with E-state index in [0.29, 0.717) is 23.6 Å². The van der Waals surface area contributed by atoms with Gasteiger partial charge in [-0.2, -0.15) is 5.26 Å². The smallest absolute Gasteiger partial charge is 0.289 e. The molecule has 2 heterocycles. The van der Waals surface area contributed by atoms with Gasteiger partial charge < -0.3 is 9.32 Å². The Balaban J connectivity index is 1.34. The lowest BCUT2D eigenvalue weighted by molar-refractivity contribution is 0.0728. The number of furan rings is 1. The quantitative estimate of drug-likeness (QED) is 0.525. The Morgan fingerprint density at radius 3 is 2.58 bits per heavy atom. The molecule has 0 atom stereocenters. The molecule has 0 bridgehead atoms. The maximum Gasteiger partial charge on any atom is 0.289 e. The van der Waals surface area contributed by atoms with Gasteiger partial charge in [0, 0.05) is 48.9 Å². The van der Waals surface area contributed by atoms with Gasteiger partial charge in [0.2, 0.25) is 0 Å². The van der Waals surface area contributed by atoms with E-state index in [9.17, 15) is 4.79 Å². The first kappa shape index (κ1) is 21.2. The molecule has 2 aromatic carbocycles. The van der Waals surface area contributed by atoms with Crippen molar-refractivity contribution in [3.05, 3.63) is 89.4 Å². The number of carbonyl (C=O) groups excluding carboxylic acids is 1. The van der Waals surface area contributed by atoms with Crippen molar-refractivity contribution >= 4 is 17.7 Å². The fourth-order valence-corrected chi connectivity index (χ4v) is 4.63. The van der Waals surface area contributed by atoms with Crippen LogP contribution in [-0.2, 0) is 12.3 Å². The number of nitrogens with zero attached hydrogens (tertiary/aromatic N) is 3. The fourth-order valence-electron chi connectivity index (χ4n) is 3.73. The van der Waals surface area contributed by atoms with Gasteiger partial charge in [0.25, 0.3) is 5.91 Å². The number of hydrogen-bond acceptors (Lipinski definition) is 5. The molecule has 0 saturated carbocycles. The highest BCUT2D eigenvalue weighted by molar-refractivity contribution is 7.98. The molecule has 0 aliphatic carbocycles. The van der Waals surface area contributed by atoms with Gasteiger partial charge in [-0.05, 0) is 42.3 Å². The minimum Gasteiger partial charge on any atom is -0.459 e. The monoisotopic (exact) mass is 431 g/mol. The topological polar surface area (TPSA) is 60.5 Å². The van der Waals surface area contributed by atoms with Crippen LogP contribution in [0.1, 0.15) is 33.7 Å². The summed E-state index contributed by atoms with van der Waals surface area (Å²) in [5.74, 6) is 1.15. The van der Waals surface area contributed by atoms with Gasteiger partial charge in [0.05, 0.1) is 17.9 Å². The van der Waals surface area contributed by atoms with Gasteiger partial charge in [-0.3, -0.25) is 9.69 Å². The van der Waals surface area contributed by atoms with E-state index in [-0.39, 0.29) is 5.91 Å². The highest BCUT2D eigenvalue weighted by atomic mass is 32.2. The van der Waals surface area contributed by atoms with E-state index in [0.717, 1.165) is 38.2 Å². The van der Waals surface area contributed by atoms with Crippen LogP contribution >= 0.6 is 11.8 Å². The van der Waals surface area contributed by atoms with E-state index < -0.39 is 0 Å². The van der Waals surface area contributed by atoms with Gasteiger partial charge in [-0.15, -0.1) is 11.8 Å². The van der Waals surface area contributed by atoms with Crippen molar-refractivity contribution < 1.29 is 9.21 Å². The largest absolute Gasteiger partial charge is 0.459 e. The summed E-state index contributed by atoms with van der Waals surface area (Å²) in [6.45, 7) is 4.00. The molecule has 1 aliphatic heterocycles. The zero-order chi connectivity index (χ0) is 21.5. The summed E-state index contributed by atoms with van der Waals surface area (Å²) in [6.07, 6.45) is 2.54. The molecular formula is C25H25N3O2S. The second-order valence-corrected chi connectivity index (χ2v) is 8.66. The first-order valence-corrected chi connectivity index (χ1v) is 11.5. The SMILES string of the molecule is N#Cc1ccc(CN2CCCN(C(=O)c3occc3CSc3ccccc3)CC2)cc1. The first-order chi connectivity index (χ1) is 15.2. The number of carbonyl (C=O) groups is 1. The summed E-state index contributed by atoms with van der Waals surface area (Å²) in [6, 6.07) is 22.0. The average Bonchev–Trinajstić information content (AvgIpc) is 3.17. The minimum absolute atomic E-state index is 0.0196. The molecular weight excluding hydrogens is 406 g/mol. The summed E-state index contributed by atoms with van der Waals surface area (Å²) < 4.78 is 5.61. The molecule has 1 amide bonds. The van der Waals surface area contributed by atoms with Crippen molar-refractivity contribution in [2.75, 3.05) is 26.2 Å². The normalized spacial score (nSPS) is 14.7. The van der Waals surface area contributed by atoms with Gasteiger partial charge in [0.1, 0.15) is 0 Å². The Labute approximate surface area is 187 Å². The predicted octanol–water partition coefficient (Wildman–Crippen LogP) is 4.79. The predicted molar refractivity (Wildman–Crippen MR) is 122 cm³/mol. The molecule has 0 unspecified atom stereocenters. The van der Waals surface area contributed by atoms with Gasteiger partial charge in [-0.25, -0.2) is 0 Å². The fraction of sp³-hybridized carbons (Fsp3) is 0.280. The molecule has 6 heteroatoms. The molecule has 1 aromatic heterocycles. The third kappa shape index (κ3) is 5.57. The van der Waals surface area contributed by atoms with Crippen molar-refractivity contribution in [2.45, 2.75) is 23.6 Å². The Bertz CT molecular complexity index is 1040. The highest BCUT2D eigenvalue weighted by Gasteiger charge is 2.24. The van der Waals surface area contributed by atoms with Gasteiger partial charge in [-0.1, -0.05) is 30.3 Å². The summed E-state index contributed by atoms with van der Waals surface area (Å²) in [5, 5.41) is 8.95. The van der Waals surface area contributed by atoms with Gasteiger partial charge >= 0.3 is 0 Å². The number of nitriles is 1. The van der Waals surface area contributed by atoms with Crippen LogP contribution < -0.4 is 0 Å². The lowest BCUT2D eigenvalue weighted by Crippen LogP contribution is -2.35. The molecule has 4 rings (SSSR count). The zero-order valence-corrected chi connectivity index (χ0v) is 18.2. The summed E-state index contributed by atoms with van der Waals surface area (Å²) in [7, 11) is 0. The summed E-state index contributed by atoms with van der Waals surface area (Å²) in [5.41, 5.74) is 2.80. The third-order valence-electron chi connectivity index (χ3n) is 5.44. The Kier molecular flexibility index (Phi) is 7.08. The summed E-state index contributed by atoms with van der Waals surface area (Å²) in [4.78, 5) is 18.6. The molecule has 158 valence electrons. The standard InChI is InChI=1S/C25H25N3O2S/c26-17-20-7-9-21(10-8-20)18-27-12-4-13-28(15-14-27)25(29)24-22(11-16-30-24)19-31-23-5-2-1-3-6-23/h1-3,5-11,16H,4,12-15,18-19H2. The maximum atomic E-state index is 13.2. The molecule has 0 N–H and O–H groups in total. The molecule has 1 aliphatic rings. The Morgan fingerprint density at radius 1 is 1.00 bits per heavy atom. The van der Waals surface area contributed by atoms with Crippen LogP contribution in [0.2, 0.25) is 0 Å². The Hall–Kier alpha value is -3.01. The zero-order valence-electron chi connectivity index (χ0n) is 17.4. The average molecular weight is 432 g/mol. The molecule has 0 radical (unpaired) electrons. The van der Waals surface area contributed by atoms with E-state index in [1.54, 1.807) is 18.0 Å². The van der Waals surface area contributed by atoms with Crippen LogP contribution in [0.4, 0.5) is 0 Å². The van der Waals surface area contributed by atoms with Gasteiger partial charge in [0.15, 0.2) is 5.76 Å². The Morgan fingerprint density at radius 2 is 1.81 bits per heavy atom. The number of rotatable bonds is 6. The van der Waals surface area contributed by atoms with Crippen LogP contribution in [0.15, 0.2) is 76.2 Å². The van der Waals surface area contributed by atoms with Crippen molar-refractivity contribution in [3.63, 3.8) is 0 Å². The number of hydrogen-bond donors (Lipinski definition) is 0. The molecule has 5 nitrogen and oxygen atoms in total. The molecule has 31 heavy (non-hydrogen) atoms. The molecule has 3 aromatic rings. The van der Waals surface area contributed by atoms with Crippen molar-refractivity contribution in [1.82, 2.24) is 9.80 Å². The number of benzene rings is 2. The lowest BCUT2D eigenvalue weighted by atomic mass is 10.1. The van der Waals surface area contributed by atoms with Crippen molar-refractivity contribution in [2.24, 2.45) is 0 Å². The van der Waals surface area contributed by atoms with Crippen molar-refractivity contribution in [1.29, 1.82) is 5.26 Å². The first-order valence-electron chi connectivity index (χ1n) is 10.5. The maximum absolute atomic E-state index is 13.2. The second-order valence-electron chi connectivity index (χ2n) is 7.61. The van der Waals surface area contributed by atoms with Crippen LogP contribution in [0.3, 0.4) is 0 Å². The van der Waals surface area contributed by atoms with Crippen LogP contribution in [0, 0.1) is 11.3 Å². The van der Waals surface area contributed by atoms with E-state index >= 15 is 0 Å². The lowest BCUT2D eigenvalue weighted by Gasteiger charge is -2.21. The summed E-state index contributed by atoms with van der Waals surface area (Å²) >= 11 is 1.71. The van der Waals surface area contributed by atoms with E-state index in [1.807, 2.05) is 53.4 Å². The second kappa shape index (κ2) is 10.3. The van der Waals surface area contributed by atoms with Crippen LogP contribution in [0.5, 0.6) is 0 Å². The van der Waals surface area contributed by atoms with E-state index in [4.69, 9.17) is 9.68 Å². The van der Waals surface area contributed by atoms with Crippen LogP contribution in [0.25, 0.3) is 0 Å².